The van der Waals surface area contributed by atoms with Crippen molar-refractivity contribution < 1.29 is 106 Å². The third kappa shape index (κ3) is 24.6. The number of alkyl halides is 10. The fourth-order valence-corrected chi connectivity index (χ4v) is 7.62. The SMILES string of the molecule is C.C.C=CC(=O)OCC(C)(COC(=O)C=C)CC(=O)OCCCSCCCn1c(=O)n(CCCSCCCOC(=O)CC(C)(COC(=O)C=C)COC(=O)C=C)c(=O)n(CC(F)(F)C(F)(F)OC(F)(F)C(F)(F)C(C)(F)F)c1=O. The molecule has 1 aromatic heterocycles. The highest BCUT2D eigenvalue weighted by molar-refractivity contribution is 7.99. The molecule has 31 heteroatoms. The Morgan fingerprint density at radius 3 is 1.09 bits per heavy atom. The van der Waals surface area contributed by atoms with E-state index in [2.05, 4.69) is 31.1 Å². The first-order valence-electron chi connectivity index (χ1n) is 22.8. The molecule has 1 aromatic rings. The number of thioether (sulfide) groups is 2. The number of rotatable bonds is 39. The van der Waals surface area contributed by atoms with Gasteiger partial charge in [0.1, 0.15) is 33.0 Å². The van der Waals surface area contributed by atoms with Crippen molar-refractivity contribution in [3.63, 3.8) is 0 Å². The maximum Gasteiger partial charge on any atom is 0.430 e. The lowest BCUT2D eigenvalue weighted by Gasteiger charge is -2.34. The normalized spacial score (nSPS) is 12.2. The van der Waals surface area contributed by atoms with Gasteiger partial charge in [-0.3, -0.25) is 9.59 Å². The van der Waals surface area contributed by atoms with Gasteiger partial charge in [0.2, 0.25) is 0 Å². The predicted octanol–water partition coefficient (Wildman–Crippen LogP) is 7.39. The molecule has 0 aromatic carbocycles. The lowest BCUT2D eigenvalue weighted by atomic mass is 9.88. The Labute approximate surface area is 457 Å². The molecule has 0 radical (unpaired) electrons. The monoisotopic (exact) mass is 1200 g/mol. The van der Waals surface area contributed by atoms with Crippen LogP contribution in [0.15, 0.2) is 65.0 Å². The van der Waals surface area contributed by atoms with Gasteiger partial charge in [-0.05, 0) is 48.7 Å². The molecule has 0 unspecified atom stereocenters. The van der Waals surface area contributed by atoms with E-state index in [0.717, 1.165) is 47.8 Å². The Hall–Kier alpha value is -5.85. The van der Waals surface area contributed by atoms with Gasteiger partial charge in [0, 0.05) is 55.1 Å². The van der Waals surface area contributed by atoms with E-state index in [1.165, 1.54) is 13.8 Å². The molecule has 0 aliphatic carbocycles. The summed E-state index contributed by atoms with van der Waals surface area (Å²) in [6.45, 7) is 9.12. The summed E-state index contributed by atoms with van der Waals surface area (Å²) in [6, 6.07) is 0. The molecule has 0 saturated heterocycles. The first kappa shape index (κ1) is 75.2. The molecule has 19 nitrogen and oxygen atoms in total. The Kier molecular flexibility index (Phi) is 32.1. The number of halogens is 10. The average Bonchev–Trinajstić information content (AvgIpc) is 3.34. The van der Waals surface area contributed by atoms with Crippen molar-refractivity contribution in [3.8, 4) is 0 Å². The zero-order valence-electron chi connectivity index (χ0n) is 42.0. The van der Waals surface area contributed by atoms with Crippen LogP contribution in [-0.4, -0.2) is 142 Å². The van der Waals surface area contributed by atoms with Crippen LogP contribution in [0.3, 0.4) is 0 Å². The Morgan fingerprint density at radius 2 is 0.785 bits per heavy atom. The van der Waals surface area contributed by atoms with E-state index in [0.29, 0.717) is 0 Å². The highest BCUT2D eigenvalue weighted by atomic mass is 32.2. The average molecular weight is 1200 g/mol. The zero-order chi connectivity index (χ0) is 59.1. The maximum absolute atomic E-state index is 15.1. The molecule has 0 aliphatic heterocycles. The summed E-state index contributed by atoms with van der Waals surface area (Å²) in [5, 5.41) is 0. The van der Waals surface area contributed by atoms with Crippen LogP contribution in [0.5, 0.6) is 0 Å². The van der Waals surface area contributed by atoms with Gasteiger partial charge in [-0.25, -0.2) is 52.0 Å². The Morgan fingerprint density at radius 1 is 0.481 bits per heavy atom. The van der Waals surface area contributed by atoms with Gasteiger partial charge in [-0.2, -0.15) is 67.4 Å². The van der Waals surface area contributed by atoms with Crippen molar-refractivity contribution in [2.24, 2.45) is 10.8 Å². The molecule has 0 bridgehead atoms. The van der Waals surface area contributed by atoms with E-state index in [1.807, 2.05) is 0 Å². The van der Waals surface area contributed by atoms with Crippen molar-refractivity contribution in [1.29, 1.82) is 0 Å². The molecule has 0 fully saturated rings. The van der Waals surface area contributed by atoms with Crippen molar-refractivity contribution in [3.05, 3.63) is 82.1 Å². The van der Waals surface area contributed by atoms with Crippen molar-refractivity contribution in [2.45, 2.75) is 124 Å². The fourth-order valence-electron chi connectivity index (χ4n) is 5.90. The number of esters is 6. The van der Waals surface area contributed by atoms with E-state index < -0.39 is 125 Å². The third-order valence-corrected chi connectivity index (χ3v) is 12.4. The number of carbonyl (C=O) groups is 6. The van der Waals surface area contributed by atoms with Gasteiger partial charge in [0.05, 0.1) is 26.1 Å². The summed E-state index contributed by atoms with van der Waals surface area (Å²) in [4.78, 5) is 112. The minimum Gasteiger partial charge on any atom is -0.466 e. The Bertz CT molecular complexity index is 2250. The van der Waals surface area contributed by atoms with Crippen LogP contribution in [0.1, 0.15) is 74.1 Å². The van der Waals surface area contributed by atoms with Gasteiger partial charge >= 0.3 is 82.9 Å². The van der Waals surface area contributed by atoms with E-state index in [1.54, 1.807) is 0 Å². The van der Waals surface area contributed by atoms with Crippen LogP contribution < -0.4 is 17.1 Å². The van der Waals surface area contributed by atoms with Gasteiger partial charge in [-0.1, -0.05) is 55.0 Å². The number of hydrogen-bond donors (Lipinski definition) is 0. The number of ether oxygens (including phenoxy) is 7. The number of aromatic nitrogens is 3. The predicted molar refractivity (Wildman–Crippen MR) is 269 cm³/mol. The van der Waals surface area contributed by atoms with Gasteiger partial charge in [0.15, 0.2) is 0 Å². The minimum atomic E-state index is -6.96. The fraction of sp³-hybridized carbons (Fsp3) is 0.646. The minimum absolute atomic E-state index is 0. The quantitative estimate of drug-likeness (QED) is 0.0205. The second-order valence-corrected chi connectivity index (χ2v) is 19.8. The number of nitrogens with zero attached hydrogens (tertiary/aromatic N) is 3. The lowest BCUT2D eigenvalue weighted by molar-refractivity contribution is -0.485. The second kappa shape index (κ2) is 33.7. The summed E-state index contributed by atoms with van der Waals surface area (Å²) in [6.07, 6.45) is -10.9. The molecule has 452 valence electrons. The van der Waals surface area contributed by atoms with E-state index >= 15 is 8.78 Å². The molecular weight excluding hydrogens is 1130 g/mol. The smallest absolute Gasteiger partial charge is 0.430 e. The van der Waals surface area contributed by atoms with Crippen LogP contribution in [0.25, 0.3) is 0 Å². The number of carbonyl (C=O) groups excluding carboxylic acids is 6. The molecule has 0 N–H and O–H groups in total. The van der Waals surface area contributed by atoms with E-state index in [9.17, 15) is 78.3 Å². The van der Waals surface area contributed by atoms with Crippen molar-refractivity contribution in [1.82, 2.24) is 13.7 Å². The summed E-state index contributed by atoms with van der Waals surface area (Å²) in [5.41, 5.74) is -7.84. The summed E-state index contributed by atoms with van der Waals surface area (Å²) in [5.74, 6) is -22.9. The number of hydrogen-bond acceptors (Lipinski definition) is 18. The molecule has 0 amide bonds. The first-order valence-corrected chi connectivity index (χ1v) is 25.1. The molecule has 0 saturated carbocycles. The molecule has 1 rings (SSSR count). The topological polar surface area (TPSA) is 233 Å². The highest BCUT2D eigenvalue weighted by Gasteiger charge is 2.75. The molecule has 1 heterocycles. The molecule has 79 heavy (non-hydrogen) atoms. The van der Waals surface area contributed by atoms with Crippen LogP contribution in [-0.2, 0) is 81.6 Å². The third-order valence-electron chi connectivity index (χ3n) is 10.1. The highest BCUT2D eigenvalue weighted by Crippen LogP contribution is 2.50. The largest absolute Gasteiger partial charge is 0.466 e. The lowest BCUT2D eigenvalue weighted by Crippen LogP contribution is -2.61. The van der Waals surface area contributed by atoms with E-state index in [4.69, 9.17) is 28.4 Å². The molecule has 0 aliphatic rings. The standard InChI is InChI=1S/C46H59F10N3O16S2.2CH4/c1-8-31(60)71-27-40(5,28-72-32(61)9-2)24-35(64)69-18-14-22-76-20-12-16-57-37(66)58(39(68)59(38(57)67)26-43(49,50)45(53,54)75-46(55,56)44(51,52)42(7,47)48)17-13-21-77-23-15-19-70-36(65)25-41(6,29-73-33(62)10-3)30-74-34(63)11-4;;/h8-11H,1-4,12-30H2,5-7H3;2*1H4. The van der Waals surface area contributed by atoms with Gasteiger partial charge in [-0.15, -0.1) is 0 Å². The second-order valence-electron chi connectivity index (χ2n) is 17.3. The van der Waals surface area contributed by atoms with Crippen molar-refractivity contribution >= 4 is 59.3 Å². The first-order chi connectivity index (χ1) is 35.6. The zero-order valence-corrected chi connectivity index (χ0v) is 43.7. The summed E-state index contributed by atoms with van der Waals surface area (Å²) in [7, 11) is 0. The Balaban J connectivity index is 0. The van der Waals surface area contributed by atoms with Crippen LogP contribution in [0.2, 0.25) is 0 Å². The van der Waals surface area contributed by atoms with Gasteiger partial charge < -0.3 is 28.4 Å². The van der Waals surface area contributed by atoms with Crippen molar-refractivity contribution in [2.75, 3.05) is 62.7 Å². The van der Waals surface area contributed by atoms with Crippen LogP contribution >= 0.6 is 23.5 Å². The maximum atomic E-state index is 15.1. The molecule has 0 spiro atoms. The summed E-state index contributed by atoms with van der Waals surface area (Å²) >= 11 is 2.28. The van der Waals surface area contributed by atoms with E-state index in [-0.39, 0.29) is 125 Å². The van der Waals surface area contributed by atoms with Crippen LogP contribution in [0.4, 0.5) is 43.9 Å². The molecular formula is C48H67F10N3O16S2. The van der Waals surface area contributed by atoms with Crippen LogP contribution in [0, 0.1) is 10.8 Å². The molecule has 0 atom stereocenters. The van der Waals surface area contributed by atoms with Gasteiger partial charge in [0.25, 0.3) is 0 Å². The summed E-state index contributed by atoms with van der Waals surface area (Å²) < 4.78 is 174.